The van der Waals surface area contributed by atoms with Crippen LogP contribution < -0.4 is 15.4 Å². The number of aromatic nitrogens is 2. The second-order valence-electron chi connectivity index (χ2n) is 10.0. The van der Waals surface area contributed by atoms with Gasteiger partial charge >= 0.3 is 0 Å². The maximum atomic E-state index is 12.9. The molecule has 0 unspecified atom stereocenters. The Morgan fingerprint density at radius 2 is 1.92 bits per heavy atom. The summed E-state index contributed by atoms with van der Waals surface area (Å²) >= 11 is 0. The summed E-state index contributed by atoms with van der Waals surface area (Å²) in [7, 11) is 0. The van der Waals surface area contributed by atoms with Crippen molar-refractivity contribution < 1.29 is 24.0 Å². The normalized spacial score (nSPS) is 22.8. The fraction of sp³-hybridized carbons (Fsp3) is 0.481. The Hall–Kier alpha value is -3.82. The Kier molecular flexibility index (Phi) is 7.16. The summed E-state index contributed by atoms with van der Waals surface area (Å²) in [6.07, 6.45) is 4.75. The molecule has 194 valence electrons. The number of ether oxygens (including phenoxy) is 1. The van der Waals surface area contributed by atoms with Crippen molar-refractivity contribution in [2.24, 2.45) is 11.1 Å². The fourth-order valence-corrected chi connectivity index (χ4v) is 5.27. The van der Waals surface area contributed by atoms with E-state index < -0.39 is 0 Å². The first-order chi connectivity index (χ1) is 17.8. The first kappa shape index (κ1) is 24.9. The Morgan fingerprint density at radius 1 is 1.11 bits per heavy atom. The van der Waals surface area contributed by atoms with Crippen molar-refractivity contribution in [1.29, 1.82) is 0 Å². The van der Waals surface area contributed by atoms with E-state index in [4.69, 9.17) is 9.57 Å². The van der Waals surface area contributed by atoms with Crippen LogP contribution in [0.5, 0.6) is 5.75 Å². The second-order valence-corrected chi connectivity index (χ2v) is 10.0. The van der Waals surface area contributed by atoms with Crippen LogP contribution in [0, 0.1) is 12.8 Å². The lowest BCUT2D eigenvalue weighted by Crippen LogP contribution is -2.38. The Bertz CT molecular complexity index is 1250. The number of rotatable bonds is 6. The average Bonchev–Trinajstić information content (AvgIpc) is 3.37. The lowest BCUT2D eigenvalue weighted by molar-refractivity contribution is -0.121. The van der Waals surface area contributed by atoms with E-state index in [1.165, 1.54) is 0 Å². The number of carbonyl (C=O) groups excluding carboxylic acids is 3. The maximum absolute atomic E-state index is 12.9. The molecule has 2 aromatic rings. The highest BCUT2D eigenvalue weighted by Crippen LogP contribution is 2.33. The number of hydrogen-bond acceptors (Lipinski definition) is 8. The smallest absolute Gasteiger partial charge is 0.270 e. The minimum absolute atomic E-state index is 0.0129. The number of nitrogens with one attached hydrogen (secondary N) is 2. The quantitative estimate of drug-likeness (QED) is 0.616. The van der Waals surface area contributed by atoms with Crippen molar-refractivity contribution in [3.63, 3.8) is 0 Å². The molecule has 1 aliphatic carbocycles. The van der Waals surface area contributed by atoms with E-state index in [2.05, 4.69) is 25.8 Å². The van der Waals surface area contributed by atoms with Gasteiger partial charge in [0.25, 0.3) is 5.91 Å². The van der Waals surface area contributed by atoms with E-state index in [0.29, 0.717) is 48.3 Å². The third-order valence-corrected chi connectivity index (χ3v) is 7.12. The van der Waals surface area contributed by atoms with Crippen LogP contribution in [0.3, 0.4) is 0 Å². The van der Waals surface area contributed by atoms with Crippen LogP contribution in [0.1, 0.15) is 72.2 Å². The van der Waals surface area contributed by atoms with Crippen LogP contribution in [-0.2, 0) is 27.4 Å². The van der Waals surface area contributed by atoms with Crippen molar-refractivity contribution in [1.82, 2.24) is 20.6 Å². The number of Topliss-reactive ketones (excluding diaryl/α,β-unsaturated/α-hetero) is 1. The summed E-state index contributed by atoms with van der Waals surface area (Å²) in [5.74, 6) is 1.30. The number of fused-ring (bicyclic) bond motifs is 1. The topological polar surface area (TPSA) is 132 Å². The van der Waals surface area contributed by atoms with Gasteiger partial charge in [0.1, 0.15) is 35.7 Å². The van der Waals surface area contributed by atoms with Gasteiger partial charge in [0.2, 0.25) is 5.91 Å². The molecular formula is C27H31N5O5. The summed E-state index contributed by atoms with van der Waals surface area (Å²) < 4.78 is 5.43. The first-order valence-electron chi connectivity index (χ1n) is 12.7. The van der Waals surface area contributed by atoms with Gasteiger partial charge < -0.3 is 20.2 Å². The van der Waals surface area contributed by atoms with Crippen molar-refractivity contribution in [2.75, 3.05) is 6.61 Å². The summed E-state index contributed by atoms with van der Waals surface area (Å²) in [6, 6.07) is 7.48. The van der Waals surface area contributed by atoms with Crippen LogP contribution in [0.2, 0.25) is 0 Å². The Labute approximate surface area is 215 Å². The molecule has 0 saturated heterocycles. The van der Waals surface area contributed by atoms with Crippen molar-refractivity contribution in [2.45, 2.75) is 71.1 Å². The van der Waals surface area contributed by atoms with E-state index in [1.54, 1.807) is 19.9 Å². The monoisotopic (exact) mass is 505 g/mol. The molecular weight excluding hydrogens is 474 g/mol. The van der Waals surface area contributed by atoms with E-state index in [9.17, 15) is 14.4 Å². The van der Waals surface area contributed by atoms with Gasteiger partial charge in [-0.2, -0.15) is 0 Å². The molecule has 0 spiro atoms. The summed E-state index contributed by atoms with van der Waals surface area (Å²) in [5.41, 5.74) is 3.28. The van der Waals surface area contributed by atoms with Gasteiger partial charge in [-0.3, -0.25) is 14.4 Å². The van der Waals surface area contributed by atoms with E-state index in [0.717, 1.165) is 36.8 Å². The molecule has 1 aromatic heterocycles. The van der Waals surface area contributed by atoms with Crippen molar-refractivity contribution in [3.05, 3.63) is 52.6 Å². The van der Waals surface area contributed by atoms with E-state index in [-0.39, 0.29) is 42.0 Å². The largest absolute Gasteiger partial charge is 0.486 e. The number of ketones is 1. The minimum Gasteiger partial charge on any atom is -0.486 e. The predicted molar refractivity (Wildman–Crippen MR) is 134 cm³/mol. The van der Waals surface area contributed by atoms with Crippen LogP contribution in [0.25, 0.3) is 0 Å². The molecule has 1 fully saturated rings. The molecule has 2 aliphatic heterocycles. The average molecular weight is 506 g/mol. The molecule has 1 aromatic carbocycles. The lowest BCUT2D eigenvalue weighted by atomic mass is 9.81. The zero-order valence-corrected chi connectivity index (χ0v) is 21.1. The molecule has 2 N–H and O–H groups in total. The Morgan fingerprint density at radius 3 is 2.70 bits per heavy atom. The van der Waals surface area contributed by atoms with Crippen LogP contribution in [0.4, 0.5) is 0 Å². The number of benzene rings is 1. The maximum Gasteiger partial charge on any atom is 0.270 e. The number of hydrogen-bond donors (Lipinski definition) is 2. The highest BCUT2D eigenvalue weighted by atomic mass is 16.6. The summed E-state index contributed by atoms with van der Waals surface area (Å²) in [4.78, 5) is 50.5. The number of aryl methyl sites for hydroxylation is 1. The molecule has 2 amide bonds. The highest BCUT2D eigenvalue weighted by Gasteiger charge is 2.34. The molecule has 3 heterocycles. The first-order valence-corrected chi connectivity index (χ1v) is 12.7. The standard InChI is InChI=1S/C27H31N5O5/c1-15-29-22(23-12-26(37-32-23)18-4-6-20(7-5-18)31-16(2)33)11-24(30-15)27(35)28-13-17-3-8-25-19(9-17)10-21(34)14-36-25/h3,8-9,11,18,20,26H,4-7,10,12-14H2,1-2H3,(H,28,35)(H,31,33)/t18?,20?,26-/m1/s1. The number of oxime groups is 1. The van der Waals surface area contributed by atoms with Gasteiger partial charge in [0, 0.05) is 37.9 Å². The summed E-state index contributed by atoms with van der Waals surface area (Å²) in [6.45, 7) is 3.70. The Balaban J connectivity index is 1.19. The molecule has 0 radical (unpaired) electrons. The van der Waals surface area contributed by atoms with Crippen LogP contribution in [0.15, 0.2) is 29.4 Å². The van der Waals surface area contributed by atoms with Crippen molar-refractivity contribution in [3.8, 4) is 5.75 Å². The van der Waals surface area contributed by atoms with Gasteiger partial charge in [-0.05, 0) is 62.3 Å². The van der Waals surface area contributed by atoms with Gasteiger partial charge in [-0.1, -0.05) is 11.2 Å². The molecule has 1 saturated carbocycles. The van der Waals surface area contributed by atoms with Gasteiger partial charge in [-0.15, -0.1) is 0 Å². The second kappa shape index (κ2) is 10.7. The fourth-order valence-electron chi connectivity index (χ4n) is 5.27. The van der Waals surface area contributed by atoms with Gasteiger partial charge in [0.05, 0.1) is 5.69 Å². The zero-order chi connectivity index (χ0) is 25.9. The van der Waals surface area contributed by atoms with E-state index >= 15 is 0 Å². The molecule has 0 bridgehead atoms. The molecule has 3 aliphatic rings. The predicted octanol–water partition coefficient (Wildman–Crippen LogP) is 2.41. The third kappa shape index (κ3) is 5.95. The SMILES string of the molecule is CC(=O)NC1CCC([C@H]2CC(c3cc(C(=O)NCc4ccc5c(c4)CC(=O)CO5)nc(C)n3)=NO2)CC1. The van der Waals surface area contributed by atoms with Crippen LogP contribution in [-0.4, -0.2) is 52.0 Å². The highest BCUT2D eigenvalue weighted by molar-refractivity contribution is 6.02. The molecule has 37 heavy (non-hydrogen) atoms. The summed E-state index contributed by atoms with van der Waals surface area (Å²) in [5, 5.41) is 10.2. The number of nitrogens with zero attached hydrogens (tertiary/aromatic N) is 3. The lowest BCUT2D eigenvalue weighted by Gasteiger charge is -2.31. The van der Waals surface area contributed by atoms with Gasteiger partial charge in [0.15, 0.2) is 5.78 Å². The molecule has 10 nitrogen and oxygen atoms in total. The third-order valence-electron chi connectivity index (χ3n) is 7.12. The molecule has 1 atom stereocenters. The van der Waals surface area contributed by atoms with Crippen molar-refractivity contribution >= 4 is 23.3 Å². The number of amides is 2. The minimum atomic E-state index is -0.316. The molecule has 5 rings (SSSR count). The van der Waals surface area contributed by atoms with Gasteiger partial charge in [-0.25, -0.2) is 9.97 Å². The number of carbonyl (C=O) groups is 3. The molecule has 10 heteroatoms. The van der Waals surface area contributed by atoms with Crippen LogP contribution >= 0.6 is 0 Å². The zero-order valence-electron chi connectivity index (χ0n) is 21.1. The van der Waals surface area contributed by atoms with E-state index in [1.807, 2.05) is 18.2 Å².